The number of epoxide rings is 1. The highest BCUT2D eigenvalue weighted by atomic mass is 16.6. The van der Waals surface area contributed by atoms with Crippen molar-refractivity contribution in [3.63, 3.8) is 0 Å². The third-order valence-corrected chi connectivity index (χ3v) is 2.34. The van der Waals surface area contributed by atoms with Crippen LogP contribution in [0.5, 0.6) is 0 Å². The molecule has 0 bridgehead atoms. The zero-order valence-corrected chi connectivity index (χ0v) is 7.10. The first kappa shape index (κ1) is 7.04. The van der Waals surface area contributed by atoms with Crippen LogP contribution in [0.25, 0.3) is 10.8 Å². The number of rotatable bonds is 1. The van der Waals surface area contributed by atoms with Crippen LogP contribution in [0.4, 0.5) is 0 Å². The van der Waals surface area contributed by atoms with E-state index in [-0.39, 0.29) is 6.10 Å². The molecule has 1 fully saturated rings. The molecule has 0 radical (unpaired) electrons. The largest absolute Gasteiger partial charge is 0.366 e. The number of hydrogen-bond donors (Lipinski definition) is 0. The first-order chi connectivity index (χ1) is 6.45. The molecule has 0 amide bonds. The molecule has 2 nitrogen and oxygen atoms in total. The van der Waals surface area contributed by atoms with Crippen molar-refractivity contribution in [3.8, 4) is 0 Å². The van der Waals surface area contributed by atoms with Crippen LogP contribution in [0, 0.1) is 0 Å². The number of benzene rings is 1. The van der Waals surface area contributed by atoms with Gasteiger partial charge in [-0.15, -0.1) is 0 Å². The van der Waals surface area contributed by atoms with Crippen LogP contribution in [-0.2, 0) is 4.74 Å². The van der Waals surface area contributed by atoms with Gasteiger partial charge < -0.3 is 4.74 Å². The molecule has 13 heavy (non-hydrogen) atoms. The predicted octanol–water partition coefficient (Wildman–Crippen LogP) is 2.31. The Labute approximate surface area is 76.2 Å². The summed E-state index contributed by atoms with van der Waals surface area (Å²) in [6.45, 7) is 0.820. The molecule has 0 aliphatic carbocycles. The Morgan fingerprint density at radius 2 is 2.08 bits per heavy atom. The highest BCUT2D eigenvalue weighted by Gasteiger charge is 2.27. The van der Waals surface area contributed by atoms with E-state index in [1.54, 1.807) is 0 Å². The van der Waals surface area contributed by atoms with Gasteiger partial charge in [-0.1, -0.05) is 24.3 Å². The van der Waals surface area contributed by atoms with E-state index >= 15 is 0 Å². The van der Waals surface area contributed by atoms with Crippen LogP contribution in [0.3, 0.4) is 0 Å². The fourth-order valence-electron chi connectivity index (χ4n) is 1.61. The topological polar surface area (TPSA) is 25.4 Å². The van der Waals surface area contributed by atoms with E-state index in [0.29, 0.717) is 0 Å². The lowest BCUT2D eigenvalue weighted by atomic mass is 10.1. The molecule has 2 heterocycles. The smallest absolute Gasteiger partial charge is 0.123 e. The van der Waals surface area contributed by atoms with Gasteiger partial charge in [-0.3, -0.25) is 4.98 Å². The quantitative estimate of drug-likeness (QED) is 0.615. The molecule has 0 spiro atoms. The Morgan fingerprint density at radius 1 is 1.23 bits per heavy atom. The van der Waals surface area contributed by atoms with E-state index in [1.165, 1.54) is 10.8 Å². The molecule has 1 aliphatic heterocycles. The van der Waals surface area contributed by atoms with Crippen LogP contribution < -0.4 is 0 Å². The molecule has 0 saturated carbocycles. The summed E-state index contributed by atoms with van der Waals surface area (Å²) in [6.07, 6.45) is 2.09. The molecule has 0 N–H and O–H groups in total. The first-order valence-corrected chi connectivity index (χ1v) is 4.40. The molecule has 1 unspecified atom stereocenters. The molecule has 3 rings (SSSR count). The number of fused-ring (bicyclic) bond motifs is 1. The van der Waals surface area contributed by atoms with Gasteiger partial charge in [0.2, 0.25) is 0 Å². The minimum absolute atomic E-state index is 0.242. The zero-order valence-electron chi connectivity index (χ0n) is 7.10. The van der Waals surface area contributed by atoms with Crippen molar-refractivity contribution < 1.29 is 4.74 Å². The van der Waals surface area contributed by atoms with Crippen molar-refractivity contribution in [2.45, 2.75) is 6.10 Å². The highest BCUT2D eigenvalue weighted by molar-refractivity contribution is 5.84. The van der Waals surface area contributed by atoms with Gasteiger partial charge in [0.05, 0.1) is 12.3 Å². The SMILES string of the molecule is c1ccc2c(C3CO3)nccc2c1. The second kappa shape index (κ2) is 2.54. The van der Waals surface area contributed by atoms with Crippen LogP contribution >= 0.6 is 0 Å². The Hall–Kier alpha value is -1.41. The summed E-state index contributed by atoms with van der Waals surface area (Å²) in [5.74, 6) is 0. The van der Waals surface area contributed by atoms with Crippen LogP contribution in [0.1, 0.15) is 11.8 Å². The monoisotopic (exact) mass is 171 g/mol. The van der Waals surface area contributed by atoms with Crippen LogP contribution in [-0.4, -0.2) is 11.6 Å². The van der Waals surface area contributed by atoms with E-state index in [1.807, 2.05) is 24.4 Å². The van der Waals surface area contributed by atoms with Gasteiger partial charge in [-0.25, -0.2) is 0 Å². The van der Waals surface area contributed by atoms with Crippen LogP contribution in [0.2, 0.25) is 0 Å². The second-order valence-corrected chi connectivity index (χ2v) is 3.24. The summed E-state index contributed by atoms with van der Waals surface area (Å²) in [7, 11) is 0. The summed E-state index contributed by atoms with van der Waals surface area (Å²) < 4.78 is 5.24. The number of nitrogens with zero attached hydrogens (tertiary/aromatic N) is 1. The predicted molar refractivity (Wildman–Crippen MR) is 50.4 cm³/mol. The summed E-state index contributed by atoms with van der Waals surface area (Å²) in [6, 6.07) is 10.3. The molecule has 2 aromatic rings. The number of ether oxygens (including phenoxy) is 1. The number of hydrogen-bond acceptors (Lipinski definition) is 2. The maximum absolute atomic E-state index is 5.24. The summed E-state index contributed by atoms with van der Waals surface area (Å²) in [5.41, 5.74) is 1.08. The molecular weight excluding hydrogens is 162 g/mol. The normalized spacial score (nSPS) is 20.5. The highest BCUT2D eigenvalue weighted by Crippen LogP contribution is 2.32. The fraction of sp³-hybridized carbons (Fsp3) is 0.182. The molecule has 1 aromatic carbocycles. The van der Waals surface area contributed by atoms with E-state index in [4.69, 9.17) is 4.74 Å². The van der Waals surface area contributed by atoms with Gasteiger partial charge in [-0.2, -0.15) is 0 Å². The van der Waals surface area contributed by atoms with E-state index in [2.05, 4.69) is 17.1 Å². The lowest BCUT2D eigenvalue weighted by Gasteiger charge is -2.00. The van der Waals surface area contributed by atoms with Crippen molar-refractivity contribution >= 4 is 10.8 Å². The minimum atomic E-state index is 0.242. The average Bonchev–Trinajstić information content (AvgIpc) is 3.00. The third-order valence-electron chi connectivity index (χ3n) is 2.34. The number of pyridine rings is 1. The molecule has 1 aliphatic rings. The van der Waals surface area contributed by atoms with Crippen molar-refractivity contribution in [1.82, 2.24) is 4.98 Å². The van der Waals surface area contributed by atoms with Gasteiger partial charge >= 0.3 is 0 Å². The standard InChI is InChI=1S/C11H9NO/c1-2-4-9-8(3-1)5-6-12-11(9)10-7-13-10/h1-6,10H,7H2. The molecule has 2 heteroatoms. The molecule has 1 aromatic heterocycles. The zero-order chi connectivity index (χ0) is 8.67. The first-order valence-electron chi connectivity index (χ1n) is 4.40. The second-order valence-electron chi connectivity index (χ2n) is 3.24. The van der Waals surface area contributed by atoms with E-state index in [9.17, 15) is 0 Å². The Balaban J connectivity index is 2.32. The average molecular weight is 171 g/mol. The minimum Gasteiger partial charge on any atom is -0.366 e. The Kier molecular flexibility index (Phi) is 1.37. The van der Waals surface area contributed by atoms with Gasteiger partial charge in [-0.05, 0) is 11.5 Å². The van der Waals surface area contributed by atoms with E-state index in [0.717, 1.165) is 12.3 Å². The van der Waals surface area contributed by atoms with Crippen molar-refractivity contribution in [2.24, 2.45) is 0 Å². The molecule has 1 saturated heterocycles. The molecule has 64 valence electrons. The van der Waals surface area contributed by atoms with Gasteiger partial charge in [0.1, 0.15) is 6.10 Å². The van der Waals surface area contributed by atoms with Gasteiger partial charge in [0, 0.05) is 11.6 Å². The Morgan fingerprint density at radius 3 is 2.92 bits per heavy atom. The van der Waals surface area contributed by atoms with E-state index < -0.39 is 0 Å². The maximum Gasteiger partial charge on any atom is 0.123 e. The summed E-state index contributed by atoms with van der Waals surface area (Å²) in [5, 5.41) is 2.45. The molecular formula is C11H9NO. The fourth-order valence-corrected chi connectivity index (χ4v) is 1.61. The lowest BCUT2D eigenvalue weighted by Crippen LogP contribution is -1.88. The van der Waals surface area contributed by atoms with Gasteiger partial charge in [0.25, 0.3) is 0 Å². The summed E-state index contributed by atoms with van der Waals surface area (Å²) in [4.78, 5) is 4.34. The van der Waals surface area contributed by atoms with Gasteiger partial charge in [0.15, 0.2) is 0 Å². The van der Waals surface area contributed by atoms with Crippen molar-refractivity contribution in [1.29, 1.82) is 0 Å². The maximum atomic E-state index is 5.24. The Bertz CT molecular complexity index is 443. The summed E-state index contributed by atoms with van der Waals surface area (Å²) >= 11 is 0. The molecule has 1 atom stereocenters. The lowest BCUT2D eigenvalue weighted by molar-refractivity contribution is 0.413. The van der Waals surface area contributed by atoms with Crippen molar-refractivity contribution in [3.05, 3.63) is 42.2 Å². The third kappa shape index (κ3) is 1.11. The number of aromatic nitrogens is 1. The van der Waals surface area contributed by atoms with Crippen LogP contribution in [0.15, 0.2) is 36.5 Å². The van der Waals surface area contributed by atoms with Crippen molar-refractivity contribution in [2.75, 3.05) is 6.61 Å².